The minimum absolute atomic E-state index is 0.0456. The number of rotatable bonds is 5. The van der Waals surface area contributed by atoms with Gasteiger partial charge in [-0.05, 0) is 68.0 Å². The molecule has 0 saturated carbocycles. The first-order chi connectivity index (χ1) is 20.2. The summed E-state index contributed by atoms with van der Waals surface area (Å²) in [6.07, 6.45) is 3.05. The Morgan fingerprint density at radius 2 is 1.67 bits per heavy atom. The van der Waals surface area contributed by atoms with Crippen LogP contribution in [-0.2, 0) is 11.8 Å². The van der Waals surface area contributed by atoms with E-state index >= 15 is 0 Å². The first-order valence-corrected chi connectivity index (χ1v) is 14.7. The zero-order valence-electron chi connectivity index (χ0n) is 22.6. The number of thiocarbonyl (C=S) groups is 1. The van der Waals surface area contributed by atoms with E-state index in [-0.39, 0.29) is 31.9 Å². The molecule has 0 atom stereocenters. The van der Waals surface area contributed by atoms with Gasteiger partial charge in [-0.25, -0.2) is 4.68 Å². The summed E-state index contributed by atoms with van der Waals surface area (Å²) in [6.45, 7) is 3.60. The van der Waals surface area contributed by atoms with Crippen molar-refractivity contribution in [2.75, 3.05) is 4.90 Å². The number of hydrogen-bond donors (Lipinski definition) is 0. The molecule has 4 heterocycles. The minimum Gasteiger partial charge on any atom is -0.438 e. The summed E-state index contributed by atoms with van der Waals surface area (Å²) in [6, 6.07) is 19.8. The number of fused-ring (bicyclic) bond motifs is 1. The molecule has 0 N–H and O–H groups in total. The molecular weight excluding hydrogens is 638 g/mol. The number of pyridine rings is 1. The molecule has 42 heavy (non-hydrogen) atoms. The number of thioether (sulfide) groups is 1. The topological polar surface area (TPSA) is 90.8 Å². The first kappa shape index (κ1) is 27.9. The van der Waals surface area contributed by atoms with E-state index in [4.69, 9.17) is 17.0 Å². The van der Waals surface area contributed by atoms with Crippen LogP contribution in [0.5, 0.6) is 11.6 Å². The third-order valence-corrected chi connectivity index (χ3v) is 8.72. The fourth-order valence-electron chi connectivity index (χ4n) is 4.71. The Kier molecular flexibility index (Phi) is 7.21. The van der Waals surface area contributed by atoms with Crippen LogP contribution in [0.15, 0.2) is 91.9 Å². The second-order valence-electron chi connectivity index (χ2n) is 9.50. The van der Waals surface area contributed by atoms with Crippen LogP contribution in [0.25, 0.3) is 17.4 Å². The predicted molar refractivity (Wildman–Crippen MR) is 172 cm³/mol. The maximum atomic E-state index is 13.8. The van der Waals surface area contributed by atoms with E-state index in [0.717, 1.165) is 21.8 Å². The van der Waals surface area contributed by atoms with Crippen LogP contribution < -0.4 is 20.8 Å². The average molecular weight is 661 g/mol. The molecule has 2 aromatic carbocycles. The molecule has 0 unspecified atom stereocenters. The lowest BCUT2D eigenvalue weighted by Crippen LogP contribution is -2.33. The number of hydrogen-bond acceptors (Lipinski definition) is 7. The summed E-state index contributed by atoms with van der Waals surface area (Å²) in [7, 11) is 1.75. The number of halogens is 1. The fourth-order valence-corrected chi connectivity index (χ4v) is 6.23. The minimum atomic E-state index is -0.514. The van der Waals surface area contributed by atoms with Gasteiger partial charge >= 0.3 is 0 Å². The van der Waals surface area contributed by atoms with Crippen molar-refractivity contribution in [3.8, 4) is 17.3 Å². The Labute approximate surface area is 257 Å². The van der Waals surface area contributed by atoms with E-state index in [1.54, 1.807) is 43.0 Å². The number of ether oxygens (including phenoxy) is 1. The Hall–Kier alpha value is -4.26. The molecular formula is C30H22BrN5O4S2. The second kappa shape index (κ2) is 10.9. The number of anilines is 1. The lowest BCUT2D eigenvalue weighted by atomic mass is 10.2. The molecule has 3 aromatic heterocycles. The van der Waals surface area contributed by atoms with Gasteiger partial charge in [0.25, 0.3) is 17.0 Å². The largest absolute Gasteiger partial charge is 0.438 e. The standard InChI is InChI=1S/C30H22BrN5O4S2/c1-17-8-7-15-34-25(17)32-26(40-21-13-11-19(31)12-14-21)22(27(34)37)16-23-28(38)35(30(41)42-23)24-18(2)33(3)36(29(24)39)20-9-5-4-6-10-20/h4-16H,1-3H3/b23-16+. The number of para-hydroxylation sites is 1. The fraction of sp³-hybridized carbons (Fsp3) is 0.100. The highest BCUT2D eigenvalue weighted by Crippen LogP contribution is 2.37. The van der Waals surface area contributed by atoms with Gasteiger partial charge in [-0.15, -0.1) is 0 Å². The van der Waals surface area contributed by atoms with Crippen LogP contribution in [0, 0.1) is 13.8 Å². The van der Waals surface area contributed by atoms with Gasteiger partial charge in [0.2, 0.25) is 5.88 Å². The Morgan fingerprint density at radius 3 is 2.38 bits per heavy atom. The molecule has 0 radical (unpaired) electrons. The second-order valence-corrected chi connectivity index (χ2v) is 12.1. The molecule has 5 aromatic rings. The Balaban J connectivity index is 1.47. The van der Waals surface area contributed by atoms with Gasteiger partial charge in [0, 0.05) is 17.7 Å². The Bertz CT molecular complexity index is 2060. The zero-order valence-corrected chi connectivity index (χ0v) is 25.8. The highest BCUT2D eigenvalue weighted by atomic mass is 79.9. The molecule has 1 aliphatic heterocycles. The van der Waals surface area contributed by atoms with Gasteiger partial charge in [-0.1, -0.05) is 64.2 Å². The van der Waals surface area contributed by atoms with Crippen LogP contribution in [0.2, 0.25) is 0 Å². The number of nitrogens with zero attached hydrogens (tertiary/aromatic N) is 5. The van der Waals surface area contributed by atoms with Crippen molar-refractivity contribution in [2.45, 2.75) is 13.8 Å². The van der Waals surface area contributed by atoms with E-state index in [2.05, 4.69) is 20.9 Å². The van der Waals surface area contributed by atoms with E-state index in [1.807, 2.05) is 55.5 Å². The molecule has 0 spiro atoms. The van der Waals surface area contributed by atoms with Crippen molar-refractivity contribution in [3.63, 3.8) is 0 Å². The van der Waals surface area contributed by atoms with Gasteiger partial charge in [0.05, 0.1) is 16.3 Å². The van der Waals surface area contributed by atoms with Gasteiger partial charge in [0.15, 0.2) is 4.32 Å². The maximum absolute atomic E-state index is 13.8. The van der Waals surface area contributed by atoms with Gasteiger partial charge in [-0.2, -0.15) is 4.98 Å². The molecule has 12 heteroatoms. The molecule has 9 nitrogen and oxygen atoms in total. The number of benzene rings is 2. The van der Waals surface area contributed by atoms with E-state index < -0.39 is 11.5 Å². The van der Waals surface area contributed by atoms with E-state index in [0.29, 0.717) is 22.8 Å². The summed E-state index contributed by atoms with van der Waals surface area (Å²) in [5.74, 6) is -0.00448. The van der Waals surface area contributed by atoms with Gasteiger partial charge in [-0.3, -0.25) is 28.4 Å². The number of amides is 1. The molecule has 0 aliphatic carbocycles. The van der Waals surface area contributed by atoms with Crippen molar-refractivity contribution < 1.29 is 9.53 Å². The van der Waals surface area contributed by atoms with Crippen LogP contribution in [0.1, 0.15) is 16.8 Å². The number of carbonyl (C=O) groups is 1. The van der Waals surface area contributed by atoms with Gasteiger partial charge in [0.1, 0.15) is 22.6 Å². The third-order valence-electron chi connectivity index (χ3n) is 6.89. The van der Waals surface area contributed by atoms with Crippen molar-refractivity contribution in [2.24, 2.45) is 7.05 Å². The van der Waals surface area contributed by atoms with Crippen molar-refractivity contribution >= 4 is 67.5 Å². The van der Waals surface area contributed by atoms with Crippen LogP contribution >= 0.6 is 39.9 Å². The monoisotopic (exact) mass is 659 g/mol. The summed E-state index contributed by atoms with van der Waals surface area (Å²) in [5.41, 5.74) is 1.85. The quantitative estimate of drug-likeness (QED) is 0.175. The van der Waals surface area contributed by atoms with Crippen LogP contribution in [0.4, 0.5) is 5.69 Å². The number of aromatic nitrogens is 4. The lowest BCUT2D eigenvalue weighted by Gasteiger charge is -2.13. The summed E-state index contributed by atoms with van der Waals surface area (Å²) in [4.78, 5) is 47.3. The number of carbonyl (C=O) groups excluding carboxylic acids is 1. The SMILES string of the molecule is Cc1cccn2c(=O)c(/C=C3/SC(=S)N(c4c(C)n(C)n(-c5ccccc5)c4=O)C3=O)c(Oc3ccc(Br)cc3)nc12. The van der Waals surface area contributed by atoms with Crippen LogP contribution in [0.3, 0.4) is 0 Å². The lowest BCUT2D eigenvalue weighted by molar-refractivity contribution is -0.113. The van der Waals surface area contributed by atoms with Crippen LogP contribution in [-0.4, -0.2) is 29.0 Å². The zero-order chi connectivity index (χ0) is 29.7. The summed E-state index contributed by atoms with van der Waals surface area (Å²) < 4.78 is 11.7. The molecule has 1 amide bonds. The average Bonchev–Trinajstić information content (AvgIpc) is 3.37. The molecule has 210 valence electrons. The molecule has 1 aliphatic rings. The van der Waals surface area contributed by atoms with Gasteiger partial charge < -0.3 is 4.74 Å². The predicted octanol–water partition coefficient (Wildman–Crippen LogP) is 5.76. The van der Waals surface area contributed by atoms with Crippen molar-refractivity contribution in [3.05, 3.63) is 120 Å². The maximum Gasteiger partial charge on any atom is 0.296 e. The number of aryl methyl sites for hydroxylation is 1. The normalized spacial score (nSPS) is 14.4. The smallest absolute Gasteiger partial charge is 0.296 e. The molecule has 1 fully saturated rings. The summed E-state index contributed by atoms with van der Waals surface area (Å²) in [5, 5.41) is 0. The molecule has 1 saturated heterocycles. The highest BCUT2D eigenvalue weighted by molar-refractivity contribution is 9.10. The third kappa shape index (κ3) is 4.71. The van der Waals surface area contributed by atoms with Crippen molar-refractivity contribution in [1.82, 2.24) is 18.7 Å². The highest BCUT2D eigenvalue weighted by Gasteiger charge is 2.38. The van der Waals surface area contributed by atoms with Crippen molar-refractivity contribution in [1.29, 1.82) is 0 Å². The summed E-state index contributed by atoms with van der Waals surface area (Å²) >= 11 is 10.0. The first-order valence-electron chi connectivity index (χ1n) is 12.7. The van der Waals surface area contributed by atoms with E-state index in [1.165, 1.54) is 20.1 Å². The van der Waals surface area contributed by atoms with E-state index in [9.17, 15) is 14.4 Å². The Morgan fingerprint density at radius 1 is 0.952 bits per heavy atom. The molecule has 6 rings (SSSR count). The molecule has 0 bridgehead atoms.